The molecule has 1 aromatic heterocycles. The fourth-order valence-corrected chi connectivity index (χ4v) is 6.57. The van der Waals surface area contributed by atoms with Crippen LogP contribution in [0.4, 0.5) is 20.6 Å². The van der Waals surface area contributed by atoms with Gasteiger partial charge in [0, 0.05) is 30.4 Å². The van der Waals surface area contributed by atoms with Crippen molar-refractivity contribution in [3.8, 4) is 11.1 Å². The van der Waals surface area contributed by atoms with Gasteiger partial charge in [-0.1, -0.05) is 35.9 Å². The van der Waals surface area contributed by atoms with Crippen LogP contribution in [0.15, 0.2) is 60.8 Å². The smallest absolute Gasteiger partial charge is 0.412 e. The highest BCUT2D eigenvalue weighted by Crippen LogP contribution is 2.46. The summed E-state index contributed by atoms with van der Waals surface area (Å²) in [5, 5.41) is 5.42. The zero-order valence-electron chi connectivity index (χ0n) is 25.1. The quantitative estimate of drug-likeness (QED) is 0.260. The number of amides is 3. The lowest BCUT2D eigenvalue weighted by Crippen LogP contribution is -2.54. The third kappa shape index (κ3) is 6.19. The van der Waals surface area contributed by atoms with Crippen LogP contribution in [0.2, 0.25) is 5.02 Å². The van der Waals surface area contributed by atoms with Crippen molar-refractivity contribution in [2.45, 2.75) is 50.0 Å². The maximum Gasteiger partial charge on any atom is 0.412 e. The predicted octanol–water partition coefficient (Wildman–Crippen LogP) is 6.10. The number of likely N-dealkylation sites (tertiary alicyclic amines) is 1. The fourth-order valence-electron chi connectivity index (χ4n) is 6.41. The van der Waals surface area contributed by atoms with Gasteiger partial charge in [0.05, 0.1) is 48.0 Å². The van der Waals surface area contributed by atoms with Crippen LogP contribution in [-0.4, -0.2) is 54.0 Å². The van der Waals surface area contributed by atoms with Crippen LogP contribution in [-0.2, 0) is 35.9 Å². The number of esters is 1. The Bertz CT molecular complexity index is 1760. The van der Waals surface area contributed by atoms with Crippen LogP contribution in [0.5, 0.6) is 0 Å². The Balaban J connectivity index is 1.36. The molecule has 4 heterocycles. The lowest BCUT2D eigenvalue weighted by molar-refractivity contribution is -0.141. The maximum absolute atomic E-state index is 15.5. The third-order valence-electron chi connectivity index (χ3n) is 8.60. The minimum atomic E-state index is -1.40. The number of methoxy groups -OCH3 is 1. The molecule has 3 amide bonds. The number of aromatic nitrogens is 1. The molecule has 0 aliphatic carbocycles. The minimum Gasteiger partial charge on any atom is -0.469 e. The van der Waals surface area contributed by atoms with E-state index in [0.29, 0.717) is 54.7 Å². The summed E-state index contributed by atoms with van der Waals surface area (Å²) in [5.74, 6) is -2.24. The molecule has 46 heavy (non-hydrogen) atoms. The van der Waals surface area contributed by atoms with E-state index in [4.69, 9.17) is 21.1 Å². The molecule has 2 bridgehead atoms. The van der Waals surface area contributed by atoms with Crippen molar-refractivity contribution in [3.63, 3.8) is 0 Å². The van der Waals surface area contributed by atoms with Crippen molar-refractivity contribution in [2.24, 2.45) is 0 Å². The van der Waals surface area contributed by atoms with Crippen LogP contribution in [0.25, 0.3) is 11.1 Å². The molecule has 12 heteroatoms. The number of halogens is 2. The lowest BCUT2D eigenvalue weighted by atomic mass is 9.82. The topological polar surface area (TPSA) is 127 Å². The van der Waals surface area contributed by atoms with Crippen molar-refractivity contribution < 1.29 is 33.0 Å². The molecule has 3 aliphatic heterocycles. The van der Waals surface area contributed by atoms with E-state index < -0.39 is 29.4 Å². The second kappa shape index (κ2) is 12.9. The van der Waals surface area contributed by atoms with Gasteiger partial charge in [0.25, 0.3) is 0 Å². The number of rotatable bonds is 3. The Morgan fingerprint density at radius 1 is 1.13 bits per heavy atom. The van der Waals surface area contributed by atoms with Gasteiger partial charge in [-0.25, -0.2) is 9.18 Å². The van der Waals surface area contributed by atoms with Gasteiger partial charge in [0.15, 0.2) is 11.4 Å². The summed E-state index contributed by atoms with van der Waals surface area (Å²) in [4.78, 5) is 57.9. The number of ether oxygens (including phenoxy) is 2. The number of hydrogen-bond donors (Lipinski definition) is 2. The highest BCUT2D eigenvalue weighted by molar-refractivity contribution is 6.31. The van der Waals surface area contributed by atoms with E-state index in [9.17, 15) is 19.2 Å². The molecule has 2 aromatic carbocycles. The van der Waals surface area contributed by atoms with Gasteiger partial charge >= 0.3 is 12.1 Å². The zero-order chi connectivity index (χ0) is 32.4. The number of piperidine rings is 1. The van der Waals surface area contributed by atoms with E-state index in [0.717, 1.165) is 5.56 Å². The van der Waals surface area contributed by atoms with E-state index in [1.807, 2.05) is 24.3 Å². The summed E-state index contributed by atoms with van der Waals surface area (Å²) in [6.07, 6.45) is 6.42. The second-order valence-electron chi connectivity index (χ2n) is 11.6. The van der Waals surface area contributed by atoms with Gasteiger partial charge in [0.2, 0.25) is 11.8 Å². The molecule has 2 atom stereocenters. The van der Waals surface area contributed by atoms with Crippen LogP contribution in [0, 0.1) is 5.82 Å². The van der Waals surface area contributed by atoms with Crippen molar-refractivity contribution in [3.05, 3.63) is 88.5 Å². The van der Waals surface area contributed by atoms with Crippen LogP contribution < -0.4 is 10.6 Å². The number of carbonyl (C=O) groups excluding carboxylic acids is 4. The first-order valence-corrected chi connectivity index (χ1v) is 15.4. The largest absolute Gasteiger partial charge is 0.469 e. The van der Waals surface area contributed by atoms with Gasteiger partial charge in [0.1, 0.15) is 0 Å². The van der Waals surface area contributed by atoms with E-state index >= 15 is 4.39 Å². The molecule has 238 valence electrons. The molecular weight excluding hydrogens is 615 g/mol. The molecule has 2 N–H and O–H groups in total. The van der Waals surface area contributed by atoms with Crippen molar-refractivity contribution in [1.82, 2.24) is 9.88 Å². The van der Waals surface area contributed by atoms with Crippen LogP contribution in [0.1, 0.15) is 54.8 Å². The Kier molecular flexibility index (Phi) is 8.77. The fraction of sp³-hybridized carbons (Fsp3) is 0.324. The van der Waals surface area contributed by atoms with Gasteiger partial charge in [-0.3, -0.25) is 24.7 Å². The predicted molar refractivity (Wildman–Crippen MR) is 169 cm³/mol. The highest BCUT2D eigenvalue weighted by atomic mass is 35.5. The lowest BCUT2D eigenvalue weighted by Gasteiger charge is -2.45. The van der Waals surface area contributed by atoms with Gasteiger partial charge in [-0.2, -0.15) is 0 Å². The molecule has 0 saturated carbocycles. The Morgan fingerprint density at radius 2 is 1.98 bits per heavy atom. The first-order valence-electron chi connectivity index (χ1n) is 15.1. The SMILES string of the molecule is COC(=O)Cc1ccc2c(c1)NC(=O)CC/C=C\C[C@H](C(=O)N1CCC[C@@]3(C1)OC(=O)Nc1ccc(Cl)c(F)c13)c1cc-2ccn1. The van der Waals surface area contributed by atoms with Crippen LogP contribution in [0.3, 0.4) is 0 Å². The van der Waals surface area contributed by atoms with Gasteiger partial charge < -0.3 is 19.7 Å². The normalized spacial score (nSPS) is 21.6. The number of nitrogens with one attached hydrogen (secondary N) is 2. The number of allylic oxidation sites excluding steroid dienone is 2. The molecule has 3 aromatic rings. The Hall–Kier alpha value is -4.77. The number of pyridine rings is 1. The first kappa shape index (κ1) is 31.2. The first-order chi connectivity index (χ1) is 22.2. The monoisotopic (exact) mass is 646 g/mol. The second-order valence-corrected chi connectivity index (χ2v) is 12.0. The molecule has 0 unspecified atom stereocenters. The average Bonchev–Trinajstić information content (AvgIpc) is 3.04. The summed E-state index contributed by atoms with van der Waals surface area (Å²) < 4.78 is 26.0. The molecule has 1 spiro atoms. The van der Waals surface area contributed by atoms with E-state index in [2.05, 4.69) is 15.6 Å². The van der Waals surface area contributed by atoms with Gasteiger partial charge in [-0.15, -0.1) is 0 Å². The molecular formula is C34H32ClFN4O6. The highest BCUT2D eigenvalue weighted by Gasteiger charge is 2.49. The van der Waals surface area contributed by atoms with Crippen molar-refractivity contribution in [1.29, 1.82) is 0 Å². The standard InChI is InChI=1S/C34H32ClFN4O6/c1-45-29(42)17-20-8-9-22-21-12-14-37-26(18-21)23(6-3-2-4-7-28(41)38-27(22)16-20)32(43)40-15-5-13-34(19-40)30-25(39-33(44)46-34)11-10-24(35)31(30)36/h2-3,8-12,14,16,18,23H,4-7,13,15,17,19H2,1H3,(H,38,41)(H,39,44)/b3-2-/t23-,34-/m0/s1. The van der Waals surface area contributed by atoms with E-state index in [1.165, 1.54) is 19.2 Å². The number of hydrogen-bond acceptors (Lipinski definition) is 7. The summed E-state index contributed by atoms with van der Waals surface area (Å²) in [5.41, 5.74) is 2.14. The number of fused-ring (bicyclic) bond motifs is 6. The number of nitrogens with zero attached hydrogens (tertiary/aromatic N) is 2. The Labute approximate surface area is 269 Å². The number of anilines is 2. The molecule has 10 nitrogen and oxygen atoms in total. The number of benzene rings is 2. The molecule has 1 saturated heterocycles. The maximum atomic E-state index is 15.5. The average molecular weight is 647 g/mol. The minimum absolute atomic E-state index is 0.0455. The molecule has 1 fully saturated rings. The van der Waals surface area contributed by atoms with Crippen LogP contribution >= 0.6 is 11.6 Å². The molecule has 0 radical (unpaired) electrons. The summed E-state index contributed by atoms with van der Waals surface area (Å²) >= 11 is 6.14. The van der Waals surface area contributed by atoms with Crippen molar-refractivity contribution in [2.75, 3.05) is 30.8 Å². The Morgan fingerprint density at radius 3 is 2.80 bits per heavy atom. The van der Waals surface area contributed by atoms with Gasteiger partial charge in [-0.05, 0) is 67.1 Å². The molecule has 3 aliphatic rings. The summed E-state index contributed by atoms with van der Waals surface area (Å²) in [6, 6.07) is 11.9. The van der Waals surface area contributed by atoms with E-state index in [1.54, 1.807) is 29.3 Å². The number of carbonyl (C=O) groups is 4. The van der Waals surface area contributed by atoms with Crippen molar-refractivity contribution >= 4 is 46.9 Å². The summed E-state index contributed by atoms with van der Waals surface area (Å²) in [6.45, 7) is 0.334. The molecule has 6 rings (SSSR count). The third-order valence-corrected chi connectivity index (χ3v) is 8.89. The van der Waals surface area contributed by atoms with E-state index in [-0.39, 0.29) is 47.5 Å². The zero-order valence-corrected chi connectivity index (χ0v) is 25.9. The summed E-state index contributed by atoms with van der Waals surface area (Å²) in [7, 11) is 1.32.